The third-order valence-corrected chi connectivity index (χ3v) is 3.17. The SMILES string of the molecule is COc1cc2c(oc3ccccc32)c(OC)c1OC. The minimum absolute atomic E-state index is 0.538. The molecule has 0 aliphatic heterocycles. The Kier molecular flexibility index (Phi) is 2.71. The minimum atomic E-state index is 0.538. The molecule has 0 fully saturated rings. The molecule has 3 rings (SSSR count). The van der Waals surface area contributed by atoms with E-state index < -0.39 is 0 Å². The third-order valence-electron chi connectivity index (χ3n) is 3.17. The molecule has 0 unspecified atom stereocenters. The fourth-order valence-corrected chi connectivity index (χ4v) is 2.32. The summed E-state index contributed by atoms with van der Waals surface area (Å²) >= 11 is 0. The molecule has 3 aromatic rings. The Labute approximate surface area is 110 Å². The van der Waals surface area contributed by atoms with Crippen LogP contribution in [0.1, 0.15) is 0 Å². The summed E-state index contributed by atoms with van der Waals surface area (Å²) in [5.74, 6) is 1.71. The van der Waals surface area contributed by atoms with Gasteiger partial charge < -0.3 is 18.6 Å². The van der Waals surface area contributed by atoms with Crippen LogP contribution in [0.5, 0.6) is 17.2 Å². The Morgan fingerprint density at radius 1 is 0.842 bits per heavy atom. The molecule has 0 bridgehead atoms. The van der Waals surface area contributed by atoms with E-state index in [0.29, 0.717) is 22.8 Å². The van der Waals surface area contributed by atoms with E-state index in [4.69, 9.17) is 18.6 Å². The highest BCUT2D eigenvalue weighted by Crippen LogP contribution is 2.46. The molecule has 0 radical (unpaired) electrons. The number of ether oxygens (including phenoxy) is 3. The second-order valence-corrected chi connectivity index (χ2v) is 4.12. The Morgan fingerprint density at radius 2 is 1.58 bits per heavy atom. The maximum atomic E-state index is 5.86. The fourth-order valence-electron chi connectivity index (χ4n) is 2.32. The van der Waals surface area contributed by atoms with Gasteiger partial charge >= 0.3 is 0 Å². The summed E-state index contributed by atoms with van der Waals surface area (Å²) in [7, 11) is 4.77. The fraction of sp³-hybridized carbons (Fsp3) is 0.200. The van der Waals surface area contributed by atoms with Crippen molar-refractivity contribution in [2.24, 2.45) is 0 Å². The van der Waals surface area contributed by atoms with Crippen molar-refractivity contribution in [3.8, 4) is 17.2 Å². The number of benzene rings is 2. The first kappa shape index (κ1) is 11.7. The number of hydrogen-bond acceptors (Lipinski definition) is 4. The number of rotatable bonds is 3. The minimum Gasteiger partial charge on any atom is -0.493 e. The largest absolute Gasteiger partial charge is 0.493 e. The smallest absolute Gasteiger partial charge is 0.208 e. The Bertz CT molecular complexity index is 743. The van der Waals surface area contributed by atoms with Crippen LogP contribution in [0.25, 0.3) is 21.9 Å². The van der Waals surface area contributed by atoms with Crippen LogP contribution in [-0.4, -0.2) is 21.3 Å². The maximum absolute atomic E-state index is 5.86. The zero-order valence-electron chi connectivity index (χ0n) is 11.0. The van der Waals surface area contributed by atoms with Crippen molar-refractivity contribution in [2.45, 2.75) is 0 Å². The zero-order chi connectivity index (χ0) is 13.4. The lowest BCUT2D eigenvalue weighted by Crippen LogP contribution is -1.94. The average molecular weight is 258 g/mol. The monoisotopic (exact) mass is 258 g/mol. The van der Waals surface area contributed by atoms with Gasteiger partial charge in [0, 0.05) is 10.8 Å². The quantitative estimate of drug-likeness (QED) is 0.719. The number of fused-ring (bicyclic) bond motifs is 3. The van der Waals surface area contributed by atoms with Crippen LogP contribution in [0.15, 0.2) is 34.7 Å². The van der Waals surface area contributed by atoms with Gasteiger partial charge in [-0.15, -0.1) is 0 Å². The third kappa shape index (κ3) is 1.60. The van der Waals surface area contributed by atoms with Crippen molar-refractivity contribution < 1.29 is 18.6 Å². The highest BCUT2D eigenvalue weighted by molar-refractivity contribution is 6.08. The molecule has 0 saturated heterocycles. The first-order chi connectivity index (χ1) is 9.30. The van der Waals surface area contributed by atoms with Gasteiger partial charge in [-0.25, -0.2) is 0 Å². The standard InChI is InChI=1S/C15H14O4/c1-16-12-8-10-9-6-4-5-7-11(9)19-13(10)15(18-3)14(12)17-2/h4-8H,1-3H3. The Hall–Kier alpha value is -2.36. The lowest BCUT2D eigenvalue weighted by molar-refractivity contribution is 0.324. The molecule has 2 aromatic carbocycles. The molecule has 0 atom stereocenters. The summed E-state index contributed by atoms with van der Waals surface area (Å²) in [5.41, 5.74) is 1.48. The lowest BCUT2D eigenvalue weighted by atomic mass is 10.1. The van der Waals surface area contributed by atoms with Gasteiger partial charge in [0.25, 0.3) is 0 Å². The molecule has 1 aromatic heterocycles. The predicted molar refractivity (Wildman–Crippen MR) is 73.4 cm³/mol. The molecule has 1 heterocycles. The molecule has 0 saturated carbocycles. The van der Waals surface area contributed by atoms with E-state index in [1.165, 1.54) is 0 Å². The molecule has 0 N–H and O–H groups in total. The van der Waals surface area contributed by atoms with Crippen molar-refractivity contribution in [2.75, 3.05) is 21.3 Å². The van der Waals surface area contributed by atoms with E-state index in [9.17, 15) is 0 Å². The summed E-state index contributed by atoms with van der Waals surface area (Å²) in [4.78, 5) is 0. The molecule has 4 nitrogen and oxygen atoms in total. The molecule has 0 aliphatic rings. The summed E-state index contributed by atoms with van der Waals surface area (Å²) in [6.45, 7) is 0. The van der Waals surface area contributed by atoms with Crippen molar-refractivity contribution in [3.63, 3.8) is 0 Å². The number of furan rings is 1. The van der Waals surface area contributed by atoms with E-state index in [2.05, 4.69) is 0 Å². The van der Waals surface area contributed by atoms with E-state index in [-0.39, 0.29) is 0 Å². The molecule has 0 aliphatic carbocycles. The van der Waals surface area contributed by atoms with Gasteiger partial charge in [-0.1, -0.05) is 18.2 Å². The van der Waals surface area contributed by atoms with E-state index in [1.807, 2.05) is 30.3 Å². The second-order valence-electron chi connectivity index (χ2n) is 4.12. The van der Waals surface area contributed by atoms with E-state index >= 15 is 0 Å². The molecule has 0 amide bonds. The van der Waals surface area contributed by atoms with Crippen molar-refractivity contribution >= 4 is 21.9 Å². The van der Waals surface area contributed by atoms with Crippen LogP contribution < -0.4 is 14.2 Å². The van der Waals surface area contributed by atoms with Gasteiger partial charge in [-0.2, -0.15) is 0 Å². The molecular weight excluding hydrogens is 244 g/mol. The summed E-state index contributed by atoms with van der Waals surface area (Å²) in [6, 6.07) is 9.74. The first-order valence-corrected chi connectivity index (χ1v) is 5.90. The van der Waals surface area contributed by atoms with Gasteiger partial charge in [-0.3, -0.25) is 0 Å². The molecule has 0 spiro atoms. The first-order valence-electron chi connectivity index (χ1n) is 5.90. The van der Waals surface area contributed by atoms with Gasteiger partial charge in [-0.05, 0) is 12.1 Å². The summed E-state index contributed by atoms with van der Waals surface area (Å²) < 4.78 is 22.0. The van der Waals surface area contributed by atoms with Crippen molar-refractivity contribution in [1.82, 2.24) is 0 Å². The normalized spacial score (nSPS) is 10.9. The molecule has 19 heavy (non-hydrogen) atoms. The number of para-hydroxylation sites is 1. The van der Waals surface area contributed by atoms with Crippen LogP contribution in [-0.2, 0) is 0 Å². The topological polar surface area (TPSA) is 40.8 Å². The Balaban J connectivity index is 2.49. The van der Waals surface area contributed by atoms with Crippen LogP contribution in [0.2, 0.25) is 0 Å². The van der Waals surface area contributed by atoms with Crippen molar-refractivity contribution in [3.05, 3.63) is 30.3 Å². The van der Waals surface area contributed by atoms with Gasteiger partial charge in [0.15, 0.2) is 11.3 Å². The summed E-state index contributed by atoms with van der Waals surface area (Å²) in [6.07, 6.45) is 0. The van der Waals surface area contributed by atoms with Crippen LogP contribution in [0.3, 0.4) is 0 Å². The highest BCUT2D eigenvalue weighted by atomic mass is 16.5. The zero-order valence-corrected chi connectivity index (χ0v) is 11.0. The molecular formula is C15H14O4. The summed E-state index contributed by atoms with van der Waals surface area (Å²) in [5, 5.41) is 1.97. The van der Waals surface area contributed by atoms with E-state index in [0.717, 1.165) is 16.4 Å². The Morgan fingerprint density at radius 3 is 2.26 bits per heavy atom. The van der Waals surface area contributed by atoms with Crippen LogP contribution in [0.4, 0.5) is 0 Å². The molecule has 4 heteroatoms. The lowest BCUT2D eigenvalue weighted by Gasteiger charge is -2.11. The second kappa shape index (κ2) is 4.39. The van der Waals surface area contributed by atoms with Crippen LogP contribution in [0, 0.1) is 0 Å². The number of methoxy groups -OCH3 is 3. The van der Waals surface area contributed by atoms with Gasteiger partial charge in [0.2, 0.25) is 11.5 Å². The molecule has 98 valence electrons. The van der Waals surface area contributed by atoms with Crippen molar-refractivity contribution in [1.29, 1.82) is 0 Å². The van der Waals surface area contributed by atoms with E-state index in [1.54, 1.807) is 21.3 Å². The number of hydrogen-bond donors (Lipinski definition) is 0. The van der Waals surface area contributed by atoms with Crippen LogP contribution >= 0.6 is 0 Å². The maximum Gasteiger partial charge on any atom is 0.208 e. The highest BCUT2D eigenvalue weighted by Gasteiger charge is 2.20. The van der Waals surface area contributed by atoms with Gasteiger partial charge in [0.05, 0.1) is 21.3 Å². The van der Waals surface area contributed by atoms with Gasteiger partial charge in [0.1, 0.15) is 5.58 Å². The predicted octanol–water partition coefficient (Wildman–Crippen LogP) is 3.61. The average Bonchev–Trinajstić information content (AvgIpc) is 2.83.